The fourth-order valence-electron chi connectivity index (χ4n) is 4.75. The Morgan fingerprint density at radius 2 is 1.79 bits per heavy atom. The van der Waals surface area contributed by atoms with Gasteiger partial charge in [-0.05, 0) is 55.7 Å². The van der Waals surface area contributed by atoms with Gasteiger partial charge in [0.2, 0.25) is 0 Å². The largest absolute Gasteiger partial charge is 0.455 e. The van der Waals surface area contributed by atoms with Crippen LogP contribution in [-0.4, -0.2) is 0 Å². The van der Waals surface area contributed by atoms with Crippen LogP contribution in [0, 0.1) is 5.92 Å². The summed E-state index contributed by atoms with van der Waals surface area (Å²) in [5, 5.41) is 2.38. The molecule has 33 heavy (non-hydrogen) atoms. The maximum Gasteiger partial charge on any atom is 0.143 e. The van der Waals surface area contributed by atoms with E-state index in [0.29, 0.717) is 5.92 Å². The highest BCUT2D eigenvalue weighted by Gasteiger charge is 2.16. The van der Waals surface area contributed by atoms with Gasteiger partial charge in [-0.2, -0.15) is 0 Å². The summed E-state index contributed by atoms with van der Waals surface area (Å²) in [5.41, 5.74) is 7.38. The van der Waals surface area contributed by atoms with E-state index >= 15 is 0 Å². The number of allylic oxidation sites excluding steroid dienone is 14. The minimum absolute atomic E-state index is 0.573. The summed E-state index contributed by atoms with van der Waals surface area (Å²) < 4.78 is 6.24. The van der Waals surface area contributed by atoms with Crippen LogP contribution in [0.15, 0.2) is 125 Å². The number of rotatable bonds is 6. The van der Waals surface area contributed by atoms with E-state index in [0.717, 1.165) is 36.8 Å². The Bertz CT molecular complexity index is 1360. The third kappa shape index (κ3) is 4.78. The molecule has 1 heteroatoms. The van der Waals surface area contributed by atoms with Gasteiger partial charge in [0, 0.05) is 16.3 Å². The topological polar surface area (TPSA) is 13.1 Å². The van der Waals surface area contributed by atoms with Crippen LogP contribution >= 0.6 is 0 Å². The second kappa shape index (κ2) is 9.92. The summed E-state index contributed by atoms with van der Waals surface area (Å²) in [5.74, 6) is 0.573. The van der Waals surface area contributed by atoms with Crippen LogP contribution in [0.1, 0.15) is 38.2 Å². The fourth-order valence-corrected chi connectivity index (χ4v) is 4.75. The second-order valence-corrected chi connectivity index (χ2v) is 8.84. The molecule has 3 aromatic rings. The van der Waals surface area contributed by atoms with Crippen LogP contribution in [0.4, 0.5) is 0 Å². The summed E-state index contributed by atoms with van der Waals surface area (Å²) in [4.78, 5) is 0. The van der Waals surface area contributed by atoms with E-state index in [9.17, 15) is 0 Å². The van der Waals surface area contributed by atoms with Gasteiger partial charge >= 0.3 is 0 Å². The van der Waals surface area contributed by atoms with Crippen LogP contribution < -0.4 is 0 Å². The summed E-state index contributed by atoms with van der Waals surface area (Å²) in [6, 6.07) is 14.8. The first kappa shape index (κ1) is 21.3. The van der Waals surface area contributed by atoms with E-state index in [2.05, 4.69) is 85.0 Å². The van der Waals surface area contributed by atoms with E-state index < -0.39 is 0 Å². The Labute approximate surface area is 196 Å². The standard InChI is InChI=1S/C32H30O/c1-2-3-4-5-6-10-24-15-17-25(18-16-24)23-26-19-21-27(22-20-26)28-12-9-13-30-29-11-7-8-14-31(29)33-32(28)30/h2-15,17,19,21-22,26H,16,18,20,23H2,1H3/b3-2-,5-4-,10-6+. The third-order valence-corrected chi connectivity index (χ3v) is 6.53. The van der Waals surface area contributed by atoms with Crippen molar-refractivity contribution < 1.29 is 4.42 Å². The van der Waals surface area contributed by atoms with Gasteiger partial charge in [-0.25, -0.2) is 0 Å². The van der Waals surface area contributed by atoms with Crippen LogP contribution in [0.2, 0.25) is 0 Å². The summed E-state index contributed by atoms with van der Waals surface area (Å²) in [6.45, 7) is 2.03. The van der Waals surface area contributed by atoms with E-state index in [1.165, 1.54) is 27.5 Å². The highest BCUT2D eigenvalue weighted by atomic mass is 16.3. The zero-order valence-corrected chi connectivity index (χ0v) is 19.2. The van der Waals surface area contributed by atoms with Gasteiger partial charge in [0.25, 0.3) is 0 Å². The Hall–Kier alpha value is -3.58. The SMILES string of the molecule is C\C=C/C=C\C=C\C1=CC=C(CC2C=CC(c3cccc4c3oc3ccccc34)=CC2)CC1. The molecular formula is C32H30O. The van der Waals surface area contributed by atoms with Gasteiger partial charge in [0.1, 0.15) is 11.2 Å². The van der Waals surface area contributed by atoms with Crippen molar-refractivity contribution in [2.45, 2.75) is 32.6 Å². The molecule has 1 unspecified atom stereocenters. The monoisotopic (exact) mass is 430 g/mol. The fraction of sp³-hybridized carbons (Fsp3) is 0.188. The minimum atomic E-state index is 0.573. The van der Waals surface area contributed by atoms with Gasteiger partial charge in [0.15, 0.2) is 0 Å². The van der Waals surface area contributed by atoms with Gasteiger partial charge in [-0.15, -0.1) is 0 Å². The van der Waals surface area contributed by atoms with Crippen molar-refractivity contribution in [1.82, 2.24) is 0 Å². The predicted octanol–water partition coefficient (Wildman–Crippen LogP) is 9.27. The number of benzene rings is 2. The molecule has 0 aliphatic heterocycles. The normalized spacial score (nSPS) is 19.2. The van der Waals surface area contributed by atoms with Crippen molar-refractivity contribution >= 4 is 27.5 Å². The second-order valence-electron chi connectivity index (χ2n) is 8.84. The van der Waals surface area contributed by atoms with E-state index in [4.69, 9.17) is 4.42 Å². The van der Waals surface area contributed by atoms with Crippen LogP contribution in [0.5, 0.6) is 0 Å². The lowest BCUT2D eigenvalue weighted by Gasteiger charge is -2.20. The maximum atomic E-state index is 6.24. The molecule has 0 bridgehead atoms. The van der Waals surface area contributed by atoms with Crippen LogP contribution in [-0.2, 0) is 0 Å². The Morgan fingerprint density at radius 3 is 2.61 bits per heavy atom. The highest BCUT2D eigenvalue weighted by molar-refractivity contribution is 6.08. The molecule has 5 rings (SSSR count). The first-order valence-corrected chi connectivity index (χ1v) is 12.0. The van der Waals surface area contributed by atoms with Crippen molar-refractivity contribution in [3.63, 3.8) is 0 Å². The van der Waals surface area contributed by atoms with E-state index in [1.54, 1.807) is 5.57 Å². The molecule has 1 nitrogen and oxygen atoms in total. The zero-order chi connectivity index (χ0) is 22.5. The quantitative estimate of drug-likeness (QED) is 0.355. The molecule has 2 aromatic carbocycles. The van der Waals surface area contributed by atoms with Crippen molar-refractivity contribution in [2.24, 2.45) is 5.92 Å². The summed E-state index contributed by atoms with van der Waals surface area (Å²) in [7, 11) is 0. The lowest BCUT2D eigenvalue weighted by molar-refractivity contribution is 0.629. The first-order valence-electron chi connectivity index (χ1n) is 12.0. The molecule has 0 amide bonds. The van der Waals surface area contributed by atoms with Gasteiger partial charge in [-0.1, -0.05) is 109 Å². The summed E-state index contributed by atoms with van der Waals surface area (Å²) in [6.07, 6.45) is 28.8. The van der Waals surface area contributed by atoms with E-state index in [1.807, 2.05) is 31.2 Å². The Kier molecular flexibility index (Phi) is 6.39. The third-order valence-electron chi connectivity index (χ3n) is 6.53. The predicted molar refractivity (Wildman–Crippen MR) is 142 cm³/mol. The molecule has 164 valence electrons. The van der Waals surface area contributed by atoms with Crippen molar-refractivity contribution in [3.05, 3.63) is 126 Å². The zero-order valence-electron chi connectivity index (χ0n) is 19.2. The molecule has 0 N–H and O–H groups in total. The molecule has 1 atom stereocenters. The minimum Gasteiger partial charge on any atom is -0.455 e. The van der Waals surface area contributed by atoms with Crippen LogP contribution in [0.25, 0.3) is 27.5 Å². The lowest BCUT2D eigenvalue weighted by atomic mass is 9.85. The summed E-state index contributed by atoms with van der Waals surface area (Å²) >= 11 is 0. The Morgan fingerprint density at radius 1 is 0.909 bits per heavy atom. The van der Waals surface area contributed by atoms with Gasteiger partial charge in [0.05, 0.1) is 0 Å². The average Bonchev–Trinajstić information content (AvgIpc) is 3.24. The molecule has 1 aromatic heterocycles. The molecule has 2 aliphatic rings. The number of hydrogen-bond donors (Lipinski definition) is 0. The first-order chi connectivity index (χ1) is 16.3. The molecule has 2 aliphatic carbocycles. The smallest absolute Gasteiger partial charge is 0.143 e. The maximum absolute atomic E-state index is 6.24. The number of fused-ring (bicyclic) bond motifs is 3. The molecule has 0 spiro atoms. The van der Waals surface area contributed by atoms with E-state index in [-0.39, 0.29) is 0 Å². The molecule has 0 saturated carbocycles. The van der Waals surface area contributed by atoms with Gasteiger partial charge < -0.3 is 4.42 Å². The molecular weight excluding hydrogens is 400 g/mol. The average molecular weight is 431 g/mol. The Balaban J connectivity index is 1.26. The van der Waals surface area contributed by atoms with Crippen molar-refractivity contribution in [1.29, 1.82) is 0 Å². The molecule has 0 radical (unpaired) electrons. The highest BCUT2D eigenvalue weighted by Crippen LogP contribution is 2.36. The van der Waals surface area contributed by atoms with Gasteiger partial charge in [-0.3, -0.25) is 0 Å². The molecule has 0 saturated heterocycles. The number of para-hydroxylation sites is 2. The molecule has 1 heterocycles. The number of furan rings is 1. The van der Waals surface area contributed by atoms with Crippen molar-refractivity contribution in [2.75, 3.05) is 0 Å². The number of hydrogen-bond acceptors (Lipinski definition) is 1. The van der Waals surface area contributed by atoms with Crippen molar-refractivity contribution in [3.8, 4) is 0 Å². The lowest BCUT2D eigenvalue weighted by Crippen LogP contribution is -2.03. The molecule has 0 fully saturated rings. The van der Waals surface area contributed by atoms with Crippen LogP contribution in [0.3, 0.4) is 0 Å².